The summed E-state index contributed by atoms with van der Waals surface area (Å²) in [5, 5.41) is 16.7. The van der Waals surface area contributed by atoms with Gasteiger partial charge in [0, 0.05) is 18.7 Å². The van der Waals surface area contributed by atoms with Gasteiger partial charge in [-0.3, -0.25) is 0 Å². The molecule has 2 rings (SSSR count). The van der Waals surface area contributed by atoms with Crippen molar-refractivity contribution in [2.45, 2.75) is 25.9 Å². The predicted octanol–water partition coefficient (Wildman–Crippen LogP) is 2.97. The van der Waals surface area contributed by atoms with Crippen LogP contribution in [0, 0.1) is 11.6 Å². The number of guanidine groups is 1. The fourth-order valence-electron chi connectivity index (χ4n) is 2.54. The van der Waals surface area contributed by atoms with Crippen molar-refractivity contribution in [2.75, 3.05) is 19.6 Å². The Bertz CT molecular complexity index is 713. The van der Waals surface area contributed by atoms with Gasteiger partial charge in [0.05, 0.1) is 6.54 Å². The van der Waals surface area contributed by atoms with Crippen molar-refractivity contribution < 1.29 is 13.9 Å². The lowest BCUT2D eigenvalue weighted by atomic mass is 9.96. The van der Waals surface area contributed by atoms with Crippen molar-refractivity contribution in [2.24, 2.45) is 4.99 Å². The van der Waals surface area contributed by atoms with E-state index in [1.54, 1.807) is 6.92 Å². The third-order valence-corrected chi connectivity index (χ3v) is 4.01. The minimum atomic E-state index is -1.11. The van der Waals surface area contributed by atoms with Crippen LogP contribution in [0.3, 0.4) is 0 Å². The predicted molar refractivity (Wildman–Crippen MR) is 100 cm³/mol. The Kier molecular flexibility index (Phi) is 7.09. The molecule has 6 heteroatoms. The number of aliphatic imine (C=N–C) groups is 1. The number of halogens is 2. The molecule has 0 saturated heterocycles. The number of aliphatic hydroxyl groups is 1. The molecule has 0 heterocycles. The Morgan fingerprint density at radius 3 is 2.31 bits per heavy atom. The number of rotatable bonds is 7. The summed E-state index contributed by atoms with van der Waals surface area (Å²) in [5.74, 6) is -0.623. The van der Waals surface area contributed by atoms with Crippen LogP contribution in [0.4, 0.5) is 8.78 Å². The van der Waals surface area contributed by atoms with Crippen molar-refractivity contribution in [3.05, 3.63) is 71.3 Å². The van der Waals surface area contributed by atoms with E-state index in [0.29, 0.717) is 19.0 Å². The van der Waals surface area contributed by atoms with E-state index < -0.39 is 17.2 Å². The Balaban J connectivity index is 1.98. The van der Waals surface area contributed by atoms with E-state index in [1.165, 1.54) is 18.2 Å². The van der Waals surface area contributed by atoms with Crippen LogP contribution in [0.5, 0.6) is 0 Å². The standard InChI is InChI=1S/C20H25F2N3O/c1-3-23-19(24-13-12-16-17(21)10-7-11-18(16)22)25-14-20(2,26)15-8-5-4-6-9-15/h4-11,26H,3,12-14H2,1-2H3,(H2,23,24,25). The van der Waals surface area contributed by atoms with Crippen molar-refractivity contribution in [3.8, 4) is 0 Å². The molecule has 0 radical (unpaired) electrons. The maximum absolute atomic E-state index is 13.7. The number of nitrogens with zero attached hydrogens (tertiary/aromatic N) is 1. The normalized spacial score (nSPS) is 14.0. The van der Waals surface area contributed by atoms with Crippen LogP contribution in [0.15, 0.2) is 53.5 Å². The second-order valence-corrected chi connectivity index (χ2v) is 6.21. The van der Waals surface area contributed by atoms with Crippen LogP contribution < -0.4 is 10.6 Å². The SMILES string of the molecule is CCNC(=NCC(C)(O)c1ccccc1)NCCc1c(F)cccc1F. The molecule has 0 aliphatic rings. The second-order valence-electron chi connectivity index (χ2n) is 6.21. The van der Waals surface area contributed by atoms with Gasteiger partial charge in [-0.05, 0) is 38.0 Å². The first-order valence-electron chi connectivity index (χ1n) is 8.67. The minimum Gasteiger partial charge on any atom is -0.384 e. The smallest absolute Gasteiger partial charge is 0.191 e. The lowest BCUT2D eigenvalue weighted by Gasteiger charge is -2.22. The Morgan fingerprint density at radius 1 is 1.04 bits per heavy atom. The zero-order valence-electron chi connectivity index (χ0n) is 15.1. The highest BCUT2D eigenvalue weighted by molar-refractivity contribution is 5.79. The summed E-state index contributed by atoms with van der Waals surface area (Å²) < 4.78 is 27.3. The lowest BCUT2D eigenvalue weighted by molar-refractivity contribution is 0.0672. The van der Waals surface area contributed by atoms with Gasteiger partial charge in [-0.2, -0.15) is 0 Å². The molecule has 2 aromatic carbocycles. The summed E-state index contributed by atoms with van der Waals surface area (Å²) >= 11 is 0. The van der Waals surface area contributed by atoms with Gasteiger partial charge in [-0.15, -0.1) is 0 Å². The van der Waals surface area contributed by atoms with Crippen LogP contribution in [-0.2, 0) is 12.0 Å². The van der Waals surface area contributed by atoms with Gasteiger partial charge >= 0.3 is 0 Å². The molecule has 3 N–H and O–H groups in total. The van der Waals surface area contributed by atoms with Gasteiger partial charge < -0.3 is 15.7 Å². The van der Waals surface area contributed by atoms with E-state index in [-0.39, 0.29) is 18.5 Å². The molecule has 140 valence electrons. The molecule has 0 aliphatic heterocycles. The molecule has 26 heavy (non-hydrogen) atoms. The molecule has 0 aromatic heterocycles. The quantitative estimate of drug-likeness (QED) is 0.525. The third-order valence-electron chi connectivity index (χ3n) is 4.01. The third kappa shape index (κ3) is 5.52. The first kappa shape index (κ1) is 19.8. The summed E-state index contributed by atoms with van der Waals surface area (Å²) in [4.78, 5) is 4.39. The molecule has 0 amide bonds. The Morgan fingerprint density at radius 2 is 1.69 bits per heavy atom. The van der Waals surface area contributed by atoms with E-state index in [0.717, 1.165) is 5.56 Å². The van der Waals surface area contributed by atoms with Crippen molar-refractivity contribution in [3.63, 3.8) is 0 Å². The first-order chi connectivity index (χ1) is 12.4. The van der Waals surface area contributed by atoms with E-state index in [2.05, 4.69) is 15.6 Å². The molecule has 0 fully saturated rings. The summed E-state index contributed by atoms with van der Waals surface area (Å²) in [6, 6.07) is 13.1. The maximum Gasteiger partial charge on any atom is 0.191 e. The van der Waals surface area contributed by atoms with E-state index >= 15 is 0 Å². The molecular formula is C20H25F2N3O. The summed E-state index contributed by atoms with van der Waals surface area (Å²) in [7, 11) is 0. The fourth-order valence-corrected chi connectivity index (χ4v) is 2.54. The highest BCUT2D eigenvalue weighted by Gasteiger charge is 2.22. The van der Waals surface area contributed by atoms with Gasteiger partial charge in [-0.1, -0.05) is 36.4 Å². The van der Waals surface area contributed by atoms with Gasteiger partial charge in [-0.25, -0.2) is 13.8 Å². The average molecular weight is 361 g/mol. The van der Waals surface area contributed by atoms with Crippen LogP contribution in [0.1, 0.15) is 25.0 Å². The van der Waals surface area contributed by atoms with Gasteiger partial charge in [0.25, 0.3) is 0 Å². The zero-order chi connectivity index (χ0) is 19.0. The van der Waals surface area contributed by atoms with Crippen molar-refractivity contribution >= 4 is 5.96 Å². The molecule has 0 saturated carbocycles. The molecule has 0 bridgehead atoms. The number of hydrogen-bond donors (Lipinski definition) is 3. The van der Waals surface area contributed by atoms with Gasteiger partial charge in [0.15, 0.2) is 5.96 Å². The van der Waals surface area contributed by atoms with Crippen molar-refractivity contribution in [1.82, 2.24) is 10.6 Å². The minimum absolute atomic E-state index is 0.0483. The Labute approximate surface area is 153 Å². The average Bonchev–Trinajstić information content (AvgIpc) is 2.63. The van der Waals surface area contributed by atoms with Crippen LogP contribution in [-0.4, -0.2) is 30.7 Å². The van der Waals surface area contributed by atoms with E-state index in [1.807, 2.05) is 37.3 Å². The summed E-state index contributed by atoms with van der Waals surface area (Å²) in [6.45, 7) is 4.72. The number of nitrogens with one attached hydrogen (secondary N) is 2. The van der Waals surface area contributed by atoms with Crippen molar-refractivity contribution in [1.29, 1.82) is 0 Å². The molecule has 1 atom stereocenters. The molecule has 0 aliphatic carbocycles. The Hall–Kier alpha value is -2.47. The lowest BCUT2D eigenvalue weighted by Crippen LogP contribution is -2.39. The first-order valence-corrected chi connectivity index (χ1v) is 8.67. The summed E-state index contributed by atoms with van der Waals surface area (Å²) in [5.41, 5.74) is -0.290. The van der Waals surface area contributed by atoms with Crippen LogP contribution in [0.25, 0.3) is 0 Å². The number of benzene rings is 2. The zero-order valence-corrected chi connectivity index (χ0v) is 15.1. The highest BCUT2D eigenvalue weighted by Crippen LogP contribution is 2.20. The van der Waals surface area contributed by atoms with Gasteiger partial charge in [0.1, 0.15) is 17.2 Å². The summed E-state index contributed by atoms with van der Waals surface area (Å²) in [6.07, 6.45) is 0.192. The highest BCUT2D eigenvalue weighted by atomic mass is 19.1. The molecular weight excluding hydrogens is 336 g/mol. The molecule has 0 spiro atoms. The van der Waals surface area contributed by atoms with Crippen LogP contribution >= 0.6 is 0 Å². The fraction of sp³-hybridized carbons (Fsp3) is 0.350. The van der Waals surface area contributed by atoms with E-state index in [4.69, 9.17) is 0 Å². The molecule has 2 aromatic rings. The molecule has 4 nitrogen and oxygen atoms in total. The monoisotopic (exact) mass is 361 g/mol. The largest absolute Gasteiger partial charge is 0.384 e. The molecule has 1 unspecified atom stereocenters. The second kappa shape index (κ2) is 9.29. The van der Waals surface area contributed by atoms with E-state index in [9.17, 15) is 13.9 Å². The van der Waals surface area contributed by atoms with Gasteiger partial charge in [0.2, 0.25) is 0 Å². The topological polar surface area (TPSA) is 56.7 Å². The number of hydrogen-bond acceptors (Lipinski definition) is 2. The maximum atomic E-state index is 13.7. The van der Waals surface area contributed by atoms with Crippen LogP contribution in [0.2, 0.25) is 0 Å².